The smallest absolute Gasteiger partial charge is 0.404 e. The van der Waals surface area contributed by atoms with Gasteiger partial charge in [0.1, 0.15) is 5.72 Å². The molecule has 0 aromatic heterocycles. The van der Waals surface area contributed by atoms with Crippen LogP contribution in [0.3, 0.4) is 0 Å². The number of nitrogens with one attached hydrogen (secondary N) is 1. The van der Waals surface area contributed by atoms with Gasteiger partial charge in [0.2, 0.25) is 0 Å². The zero-order valence-corrected chi connectivity index (χ0v) is 18.1. The normalized spacial score (nSPS) is 18.0. The number of carboxylic acid groups (broad SMARTS) is 1. The van der Waals surface area contributed by atoms with Crippen LogP contribution in [-0.2, 0) is 16.6 Å². The van der Waals surface area contributed by atoms with Gasteiger partial charge >= 0.3 is 6.09 Å². The summed E-state index contributed by atoms with van der Waals surface area (Å²) in [5.74, 6) is -0.00991. The van der Waals surface area contributed by atoms with Gasteiger partial charge in [-0.25, -0.2) is 4.79 Å². The van der Waals surface area contributed by atoms with Gasteiger partial charge in [0.05, 0.1) is 0 Å². The highest BCUT2D eigenvalue weighted by atomic mass is 32.2. The van der Waals surface area contributed by atoms with Crippen LogP contribution in [0.5, 0.6) is 0 Å². The van der Waals surface area contributed by atoms with Gasteiger partial charge in [-0.3, -0.25) is 0 Å². The second kappa shape index (κ2) is 10.4. The minimum absolute atomic E-state index is 0.00991. The number of carbonyl (C=O) groups is 1. The van der Waals surface area contributed by atoms with Crippen molar-refractivity contribution in [1.29, 1.82) is 0 Å². The number of piperidine rings is 1. The molecule has 8 nitrogen and oxygen atoms in total. The number of hydrogen-bond acceptors (Lipinski definition) is 4. The minimum Gasteiger partial charge on any atom is -0.465 e. The van der Waals surface area contributed by atoms with Gasteiger partial charge < -0.3 is 15.5 Å². The largest absolute Gasteiger partial charge is 0.465 e. The molecule has 1 amide bonds. The highest BCUT2D eigenvalue weighted by molar-refractivity contribution is 7.86. The van der Waals surface area contributed by atoms with Gasteiger partial charge in [-0.05, 0) is 24.3 Å². The molecule has 0 radical (unpaired) electrons. The molecule has 0 aliphatic carbocycles. The summed E-state index contributed by atoms with van der Waals surface area (Å²) in [5.41, 5.74) is -0.961. The predicted molar refractivity (Wildman–Crippen MR) is 112 cm³/mol. The molecule has 1 aromatic rings. The summed E-state index contributed by atoms with van der Waals surface area (Å²) in [5, 5.41) is 22.8. The molecular formula is C20H33N3O5S. The Hall–Kier alpha value is -1.68. The standard InChI is InChI=1S/C20H33N3O5S/c1-17(2)16-23(29(27,28)22-13-7-4-8-14-22)20(26,11-12-21-19(24)25)15-18-9-5-3-6-10-18/h3,5-6,9-10,17,21,26H,4,7-8,11-16H2,1-2H3,(H,24,25). The second-order valence-electron chi connectivity index (χ2n) is 8.02. The first-order valence-electron chi connectivity index (χ1n) is 10.2. The molecule has 29 heavy (non-hydrogen) atoms. The Balaban J connectivity index is 2.39. The quantitative estimate of drug-likeness (QED) is 0.496. The molecule has 9 heteroatoms. The van der Waals surface area contributed by atoms with E-state index in [1.807, 2.05) is 44.2 Å². The van der Waals surface area contributed by atoms with E-state index in [2.05, 4.69) is 5.32 Å². The lowest BCUT2D eigenvalue weighted by Crippen LogP contribution is -2.60. The Kier molecular flexibility index (Phi) is 8.45. The maximum absolute atomic E-state index is 13.5. The van der Waals surface area contributed by atoms with E-state index in [0.29, 0.717) is 13.1 Å². The lowest BCUT2D eigenvalue weighted by Gasteiger charge is -2.43. The van der Waals surface area contributed by atoms with Crippen molar-refractivity contribution in [2.75, 3.05) is 26.2 Å². The number of rotatable bonds is 10. The second-order valence-corrected chi connectivity index (χ2v) is 9.87. The fraction of sp³-hybridized carbons (Fsp3) is 0.650. The topological polar surface area (TPSA) is 110 Å². The fourth-order valence-corrected chi connectivity index (χ4v) is 5.71. The summed E-state index contributed by atoms with van der Waals surface area (Å²) in [7, 11) is -3.91. The van der Waals surface area contributed by atoms with Crippen LogP contribution in [0.25, 0.3) is 0 Å². The third-order valence-electron chi connectivity index (χ3n) is 5.05. The molecule has 1 heterocycles. The maximum atomic E-state index is 13.5. The number of hydrogen-bond donors (Lipinski definition) is 3. The van der Waals surface area contributed by atoms with Gasteiger partial charge in [-0.2, -0.15) is 17.0 Å². The van der Waals surface area contributed by atoms with E-state index < -0.39 is 22.0 Å². The highest BCUT2D eigenvalue weighted by Crippen LogP contribution is 2.29. The van der Waals surface area contributed by atoms with Gasteiger partial charge in [-0.1, -0.05) is 50.6 Å². The van der Waals surface area contributed by atoms with E-state index in [9.17, 15) is 18.3 Å². The lowest BCUT2D eigenvalue weighted by atomic mass is 9.98. The molecule has 1 unspecified atom stereocenters. The molecule has 0 spiro atoms. The SMILES string of the molecule is CC(C)CN(C(O)(CCNC(=O)O)Cc1ccccc1)S(=O)(=O)N1CCCCC1. The summed E-state index contributed by atoms with van der Waals surface area (Å²) < 4.78 is 29.7. The summed E-state index contributed by atoms with van der Waals surface area (Å²) in [6, 6.07) is 9.17. The third-order valence-corrected chi connectivity index (χ3v) is 7.11. The summed E-state index contributed by atoms with van der Waals surface area (Å²) in [6.07, 6.45) is 1.41. The van der Waals surface area contributed by atoms with E-state index in [4.69, 9.17) is 5.11 Å². The van der Waals surface area contributed by atoms with Crippen LogP contribution < -0.4 is 5.32 Å². The van der Waals surface area contributed by atoms with Gasteiger partial charge in [0.15, 0.2) is 0 Å². The summed E-state index contributed by atoms with van der Waals surface area (Å²) in [6.45, 7) is 4.77. The highest BCUT2D eigenvalue weighted by Gasteiger charge is 2.44. The van der Waals surface area contributed by atoms with Crippen molar-refractivity contribution < 1.29 is 23.4 Å². The van der Waals surface area contributed by atoms with Crippen molar-refractivity contribution in [2.24, 2.45) is 5.92 Å². The monoisotopic (exact) mass is 427 g/mol. The van der Waals surface area contributed by atoms with Crippen LogP contribution in [0.15, 0.2) is 30.3 Å². The first-order valence-corrected chi connectivity index (χ1v) is 11.6. The Bertz CT molecular complexity index is 751. The van der Waals surface area contributed by atoms with Crippen LogP contribution in [0.4, 0.5) is 4.79 Å². The van der Waals surface area contributed by atoms with Crippen molar-refractivity contribution in [3.05, 3.63) is 35.9 Å². The average Bonchev–Trinajstić information content (AvgIpc) is 2.67. The summed E-state index contributed by atoms with van der Waals surface area (Å²) in [4.78, 5) is 10.9. The number of nitrogens with zero attached hydrogens (tertiary/aromatic N) is 2. The zero-order chi connectivity index (χ0) is 21.5. The van der Waals surface area contributed by atoms with Crippen LogP contribution in [-0.4, -0.2) is 65.2 Å². The Morgan fingerprint density at radius 2 is 1.83 bits per heavy atom. The zero-order valence-electron chi connectivity index (χ0n) is 17.2. The van der Waals surface area contributed by atoms with Crippen molar-refractivity contribution >= 4 is 16.3 Å². The van der Waals surface area contributed by atoms with Crippen molar-refractivity contribution in [3.63, 3.8) is 0 Å². The van der Waals surface area contributed by atoms with Crippen molar-refractivity contribution in [1.82, 2.24) is 13.9 Å². The first-order chi connectivity index (χ1) is 13.6. The van der Waals surface area contributed by atoms with Gasteiger partial charge in [0, 0.05) is 39.0 Å². The van der Waals surface area contributed by atoms with E-state index >= 15 is 0 Å². The van der Waals surface area contributed by atoms with Crippen molar-refractivity contribution in [2.45, 2.75) is 51.7 Å². The molecule has 1 aromatic carbocycles. The van der Waals surface area contributed by atoms with Crippen LogP contribution in [0.2, 0.25) is 0 Å². The molecule has 1 saturated heterocycles. The third kappa shape index (κ3) is 6.67. The van der Waals surface area contributed by atoms with E-state index in [-0.39, 0.29) is 31.8 Å². The van der Waals surface area contributed by atoms with E-state index in [0.717, 1.165) is 24.8 Å². The van der Waals surface area contributed by atoms with Gasteiger partial charge in [-0.15, -0.1) is 0 Å². The molecule has 1 atom stereocenters. The predicted octanol–water partition coefficient (Wildman–Crippen LogP) is 2.26. The van der Waals surface area contributed by atoms with Crippen LogP contribution in [0, 0.1) is 5.92 Å². The van der Waals surface area contributed by atoms with Gasteiger partial charge in [0.25, 0.3) is 10.2 Å². The Labute approximate surface area is 173 Å². The average molecular weight is 428 g/mol. The molecule has 1 aliphatic heterocycles. The molecule has 0 saturated carbocycles. The molecule has 1 fully saturated rings. The Morgan fingerprint density at radius 3 is 2.38 bits per heavy atom. The van der Waals surface area contributed by atoms with E-state index in [1.165, 1.54) is 8.61 Å². The number of amides is 1. The fourth-order valence-electron chi connectivity index (χ4n) is 3.64. The molecule has 164 valence electrons. The van der Waals surface area contributed by atoms with Crippen LogP contribution in [0.1, 0.15) is 45.1 Å². The molecule has 2 rings (SSSR count). The van der Waals surface area contributed by atoms with Crippen molar-refractivity contribution in [3.8, 4) is 0 Å². The number of benzene rings is 1. The molecule has 0 bridgehead atoms. The van der Waals surface area contributed by atoms with E-state index in [1.54, 1.807) is 0 Å². The number of aliphatic hydroxyl groups is 1. The van der Waals surface area contributed by atoms with Crippen LogP contribution >= 0.6 is 0 Å². The molecular weight excluding hydrogens is 394 g/mol. The molecule has 1 aliphatic rings. The Morgan fingerprint density at radius 1 is 1.21 bits per heavy atom. The first kappa shape index (κ1) is 23.6. The summed E-state index contributed by atoms with van der Waals surface area (Å²) >= 11 is 0. The maximum Gasteiger partial charge on any atom is 0.404 e. The lowest BCUT2D eigenvalue weighted by molar-refractivity contribution is -0.0730. The molecule has 3 N–H and O–H groups in total. The minimum atomic E-state index is -3.91.